The highest BCUT2D eigenvalue weighted by atomic mass is 79.9. The lowest BCUT2D eigenvalue weighted by molar-refractivity contribution is -0.124. The minimum Gasteiger partial charge on any atom is -0.370 e. The molecule has 0 aromatic heterocycles. The van der Waals surface area contributed by atoms with Crippen molar-refractivity contribution in [1.29, 1.82) is 0 Å². The zero-order chi connectivity index (χ0) is 12.6. The molecule has 0 spiro atoms. The van der Waals surface area contributed by atoms with Crippen LogP contribution in [0.3, 0.4) is 0 Å². The van der Waals surface area contributed by atoms with Crippen molar-refractivity contribution in [3.05, 3.63) is 28.2 Å². The highest BCUT2D eigenvalue weighted by Crippen LogP contribution is 2.28. The molecule has 2 amide bonds. The van der Waals surface area contributed by atoms with Crippen LogP contribution >= 0.6 is 15.9 Å². The number of hydrogen-bond donors (Lipinski definition) is 2. The SMILES string of the molecule is O=C1CC(Nc2c(F)cc(F)cc2Br)C(=O)N1. The van der Waals surface area contributed by atoms with Crippen LogP contribution in [0.1, 0.15) is 6.42 Å². The molecule has 0 aliphatic carbocycles. The fraction of sp³-hybridized carbons (Fsp3) is 0.200. The summed E-state index contributed by atoms with van der Waals surface area (Å²) in [5.41, 5.74) is -0.0405. The summed E-state index contributed by atoms with van der Waals surface area (Å²) >= 11 is 2.98. The molecule has 1 heterocycles. The third-order valence-electron chi connectivity index (χ3n) is 2.29. The van der Waals surface area contributed by atoms with E-state index in [1.165, 1.54) is 0 Å². The quantitative estimate of drug-likeness (QED) is 0.815. The lowest BCUT2D eigenvalue weighted by Crippen LogP contribution is -2.30. The molecule has 1 fully saturated rings. The van der Waals surface area contributed by atoms with Crippen molar-refractivity contribution in [3.8, 4) is 0 Å². The maximum Gasteiger partial charge on any atom is 0.249 e. The average Bonchev–Trinajstić information content (AvgIpc) is 2.51. The number of anilines is 1. The molecule has 7 heteroatoms. The Bertz CT molecular complexity index is 484. The molecule has 2 rings (SSSR count). The molecule has 0 radical (unpaired) electrons. The van der Waals surface area contributed by atoms with E-state index < -0.39 is 29.5 Å². The van der Waals surface area contributed by atoms with Gasteiger partial charge in [0.05, 0.1) is 12.1 Å². The van der Waals surface area contributed by atoms with Crippen molar-refractivity contribution in [2.45, 2.75) is 12.5 Å². The van der Waals surface area contributed by atoms with Gasteiger partial charge in [-0.3, -0.25) is 14.9 Å². The lowest BCUT2D eigenvalue weighted by atomic mass is 10.2. The molecule has 1 aliphatic rings. The third-order valence-corrected chi connectivity index (χ3v) is 2.92. The first-order valence-corrected chi connectivity index (χ1v) is 5.51. The van der Waals surface area contributed by atoms with Crippen LogP contribution in [-0.4, -0.2) is 17.9 Å². The Balaban J connectivity index is 2.25. The molecule has 1 aromatic carbocycles. The van der Waals surface area contributed by atoms with Crippen LogP contribution in [0.15, 0.2) is 16.6 Å². The molecule has 90 valence electrons. The Morgan fingerprint density at radius 2 is 2.06 bits per heavy atom. The minimum absolute atomic E-state index is 0.0405. The zero-order valence-electron chi connectivity index (χ0n) is 8.39. The molecule has 0 bridgehead atoms. The van der Waals surface area contributed by atoms with E-state index in [-0.39, 0.29) is 16.6 Å². The maximum atomic E-state index is 13.4. The Morgan fingerprint density at radius 3 is 2.59 bits per heavy atom. The van der Waals surface area contributed by atoms with Crippen LogP contribution in [0.2, 0.25) is 0 Å². The van der Waals surface area contributed by atoms with Gasteiger partial charge in [0, 0.05) is 10.5 Å². The van der Waals surface area contributed by atoms with Crippen molar-refractivity contribution in [3.63, 3.8) is 0 Å². The number of rotatable bonds is 2. The Kier molecular flexibility index (Phi) is 3.10. The van der Waals surface area contributed by atoms with Crippen molar-refractivity contribution in [2.24, 2.45) is 0 Å². The number of halogens is 3. The summed E-state index contributed by atoms with van der Waals surface area (Å²) in [6, 6.07) is 0.931. The topological polar surface area (TPSA) is 58.2 Å². The molecule has 1 unspecified atom stereocenters. The summed E-state index contributed by atoms with van der Waals surface area (Å²) in [4.78, 5) is 22.2. The predicted molar refractivity (Wildman–Crippen MR) is 59.2 cm³/mol. The van der Waals surface area contributed by atoms with E-state index in [0.717, 1.165) is 6.07 Å². The van der Waals surface area contributed by atoms with Crippen LogP contribution in [0.5, 0.6) is 0 Å². The molecular formula is C10H7BrF2N2O2. The van der Waals surface area contributed by atoms with Crippen LogP contribution in [0.25, 0.3) is 0 Å². The first kappa shape index (κ1) is 12.0. The maximum absolute atomic E-state index is 13.4. The number of carbonyl (C=O) groups excluding carboxylic acids is 2. The number of carbonyl (C=O) groups is 2. The highest BCUT2D eigenvalue weighted by Gasteiger charge is 2.31. The molecule has 0 saturated carbocycles. The second-order valence-electron chi connectivity index (χ2n) is 3.56. The molecule has 1 aromatic rings. The number of hydrogen-bond acceptors (Lipinski definition) is 3. The van der Waals surface area contributed by atoms with Gasteiger partial charge in [-0.2, -0.15) is 0 Å². The number of nitrogens with one attached hydrogen (secondary N) is 2. The van der Waals surface area contributed by atoms with E-state index in [4.69, 9.17) is 0 Å². The normalized spacial score (nSPS) is 19.4. The van der Waals surface area contributed by atoms with E-state index >= 15 is 0 Å². The summed E-state index contributed by atoms with van der Waals surface area (Å²) in [5, 5.41) is 4.65. The first-order chi connectivity index (χ1) is 7.97. The average molecular weight is 305 g/mol. The van der Waals surface area contributed by atoms with Crippen molar-refractivity contribution in [2.75, 3.05) is 5.32 Å². The first-order valence-electron chi connectivity index (χ1n) is 4.72. The van der Waals surface area contributed by atoms with Crippen LogP contribution in [0, 0.1) is 11.6 Å². The number of imide groups is 1. The van der Waals surface area contributed by atoms with E-state index in [9.17, 15) is 18.4 Å². The summed E-state index contributed by atoms with van der Waals surface area (Å²) in [5.74, 6) is -2.51. The fourth-order valence-corrected chi connectivity index (χ4v) is 2.05. The lowest BCUT2D eigenvalue weighted by Gasteiger charge is -2.13. The second kappa shape index (κ2) is 4.40. The van der Waals surface area contributed by atoms with E-state index in [0.29, 0.717) is 6.07 Å². The zero-order valence-corrected chi connectivity index (χ0v) is 9.98. The molecule has 4 nitrogen and oxygen atoms in total. The number of benzene rings is 1. The van der Waals surface area contributed by atoms with Gasteiger partial charge in [-0.1, -0.05) is 0 Å². The fourth-order valence-electron chi connectivity index (χ4n) is 1.52. The Hall–Kier alpha value is -1.50. The molecule has 1 saturated heterocycles. The largest absolute Gasteiger partial charge is 0.370 e. The standard InChI is InChI=1S/C10H7BrF2N2O2/c11-5-1-4(12)2-6(13)9(5)14-7-3-8(16)15-10(7)17/h1-2,7,14H,3H2,(H,15,16,17). The van der Waals surface area contributed by atoms with Gasteiger partial charge in [-0.15, -0.1) is 0 Å². The van der Waals surface area contributed by atoms with E-state index in [1.54, 1.807) is 0 Å². The monoisotopic (exact) mass is 304 g/mol. The van der Waals surface area contributed by atoms with Gasteiger partial charge >= 0.3 is 0 Å². The van der Waals surface area contributed by atoms with Gasteiger partial charge in [-0.05, 0) is 22.0 Å². The summed E-state index contributed by atoms with van der Waals surface area (Å²) in [7, 11) is 0. The summed E-state index contributed by atoms with van der Waals surface area (Å²) in [6.45, 7) is 0. The van der Waals surface area contributed by atoms with Crippen LogP contribution < -0.4 is 10.6 Å². The van der Waals surface area contributed by atoms with Crippen LogP contribution in [0.4, 0.5) is 14.5 Å². The Morgan fingerprint density at radius 1 is 1.35 bits per heavy atom. The van der Waals surface area contributed by atoms with E-state index in [1.807, 2.05) is 0 Å². The van der Waals surface area contributed by atoms with Gasteiger partial charge in [0.25, 0.3) is 0 Å². The number of amides is 2. The molecule has 1 aliphatic heterocycles. The molecule has 17 heavy (non-hydrogen) atoms. The van der Waals surface area contributed by atoms with Gasteiger partial charge < -0.3 is 5.32 Å². The van der Waals surface area contributed by atoms with E-state index in [2.05, 4.69) is 26.6 Å². The smallest absolute Gasteiger partial charge is 0.249 e. The Labute approximate surface area is 104 Å². The van der Waals surface area contributed by atoms with Gasteiger partial charge in [0.1, 0.15) is 17.7 Å². The summed E-state index contributed by atoms with van der Waals surface area (Å²) in [6.07, 6.45) is -0.0674. The van der Waals surface area contributed by atoms with Crippen molar-refractivity contribution >= 4 is 33.4 Å². The molecular weight excluding hydrogens is 298 g/mol. The van der Waals surface area contributed by atoms with Gasteiger partial charge in [-0.25, -0.2) is 8.78 Å². The van der Waals surface area contributed by atoms with Gasteiger partial charge in [0.15, 0.2) is 0 Å². The molecule has 1 atom stereocenters. The second-order valence-corrected chi connectivity index (χ2v) is 4.41. The third kappa shape index (κ3) is 2.44. The van der Waals surface area contributed by atoms with Crippen LogP contribution in [-0.2, 0) is 9.59 Å². The van der Waals surface area contributed by atoms with Crippen molar-refractivity contribution < 1.29 is 18.4 Å². The van der Waals surface area contributed by atoms with Crippen molar-refractivity contribution in [1.82, 2.24) is 5.32 Å². The predicted octanol–water partition coefficient (Wildman–Crippen LogP) is 1.55. The summed E-state index contributed by atoms with van der Waals surface area (Å²) < 4.78 is 26.4. The minimum atomic E-state index is -0.834. The highest BCUT2D eigenvalue weighted by molar-refractivity contribution is 9.10. The van der Waals surface area contributed by atoms with Gasteiger partial charge in [0.2, 0.25) is 11.8 Å². The molecule has 2 N–H and O–H groups in total.